The number of fused-ring (bicyclic) bond motifs is 1. The molecule has 0 saturated carbocycles. The van der Waals surface area contributed by atoms with Crippen LogP contribution < -0.4 is 16.2 Å². The summed E-state index contributed by atoms with van der Waals surface area (Å²) in [6, 6.07) is 15.6. The van der Waals surface area contributed by atoms with E-state index in [0.29, 0.717) is 16.9 Å². The maximum absolute atomic E-state index is 13.0. The number of nitrogens with zero attached hydrogens (tertiary/aromatic N) is 2. The zero-order valence-corrected chi connectivity index (χ0v) is 16.3. The number of carbonyl (C=O) groups is 2. The summed E-state index contributed by atoms with van der Waals surface area (Å²) in [5.74, 6) is -0.554. The Kier molecular flexibility index (Phi) is 4.89. The molecule has 150 valence electrons. The number of aryl methyl sites for hydroxylation is 2. The lowest BCUT2D eigenvalue weighted by molar-refractivity contribution is 0.101. The fraction of sp³-hybridized carbons (Fsp3) is 0.0909. The van der Waals surface area contributed by atoms with Crippen molar-refractivity contribution in [2.24, 2.45) is 7.05 Å². The maximum atomic E-state index is 13.0. The molecule has 8 nitrogen and oxygen atoms in total. The van der Waals surface area contributed by atoms with Crippen LogP contribution in [0.5, 0.6) is 0 Å². The molecular weight excluding hydrogens is 384 g/mol. The minimum absolute atomic E-state index is 0.103. The normalized spacial score (nSPS) is 10.7. The van der Waals surface area contributed by atoms with E-state index in [-0.39, 0.29) is 33.9 Å². The molecule has 0 radical (unpaired) electrons. The van der Waals surface area contributed by atoms with Crippen LogP contribution in [0.2, 0.25) is 0 Å². The van der Waals surface area contributed by atoms with Crippen LogP contribution in [0, 0.1) is 6.92 Å². The average Bonchev–Trinajstić information content (AvgIpc) is 3.09. The van der Waals surface area contributed by atoms with Gasteiger partial charge >= 0.3 is 0 Å². The van der Waals surface area contributed by atoms with E-state index in [1.165, 1.54) is 10.9 Å². The molecule has 0 bridgehead atoms. The molecule has 4 aromatic rings. The molecule has 8 heteroatoms. The molecule has 2 aromatic carbocycles. The Morgan fingerprint density at radius 2 is 1.53 bits per heavy atom. The van der Waals surface area contributed by atoms with E-state index in [1.54, 1.807) is 62.5 Å². The van der Waals surface area contributed by atoms with E-state index < -0.39 is 5.91 Å². The van der Waals surface area contributed by atoms with Crippen LogP contribution in [0.4, 0.5) is 11.4 Å². The fourth-order valence-electron chi connectivity index (χ4n) is 3.13. The van der Waals surface area contributed by atoms with Crippen LogP contribution >= 0.6 is 0 Å². The summed E-state index contributed by atoms with van der Waals surface area (Å²) in [5, 5.41) is 5.67. The van der Waals surface area contributed by atoms with Gasteiger partial charge in [-0.15, -0.1) is 0 Å². The van der Waals surface area contributed by atoms with Crippen molar-refractivity contribution < 1.29 is 14.0 Å². The number of para-hydroxylation sites is 2. The lowest BCUT2D eigenvalue weighted by atomic mass is 10.1. The Balaban J connectivity index is 1.66. The highest BCUT2D eigenvalue weighted by molar-refractivity contribution is 6.14. The molecule has 0 aliphatic rings. The number of rotatable bonds is 4. The second-order valence-corrected chi connectivity index (χ2v) is 6.69. The van der Waals surface area contributed by atoms with Crippen LogP contribution in [-0.4, -0.2) is 21.4 Å². The molecule has 4 rings (SSSR count). The molecule has 2 aromatic heterocycles. The second-order valence-electron chi connectivity index (χ2n) is 6.69. The Morgan fingerprint density at radius 3 is 2.20 bits per heavy atom. The first-order valence-electron chi connectivity index (χ1n) is 9.17. The zero-order valence-electron chi connectivity index (χ0n) is 16.3. The second kappa shape index (κ2) is 7.67. The highest BCUT2D eigenvalue weighted by Gasteiger charge is 2.23. The standard InChI is InChI=1S/C22H18N4O4/c1-13-17(18-21(30-13)23-12-26(2)22(18)29)20(28)25-16-11-7-6-10-15(16)24-19(27)14-8-4-3-5-9-14/h3-12H,1-2H3,(H,24,27)(H,25,28). The molecule has 2 heterocycles. The molecule has 0 atom stereocenters. The average molecular weight is 402 g/mol. The van der Waals surface area contributed by atoms with Gasteiger partial charge in [0.2, 0.25) is 5.71 Å². The van der Waals surface area contributed by atoms with Crippen LogP contribution in [0.15, 0.2) is 70.1 Å². The van der Waals surface area contributed by atoms with Gasteiger partial charge in [0.15, 0.2) is 0 Å². The van der Waals surface area contributed by atoms with Crippen molar-refractivity contribution in [2.45, 2.75) is 6.92 Å². The SMILES string of the molecule is Cc1oc2ncn(C)c(=O)c2c1C(=O)Nc1ccccc1NC(=O)c1ccccc1. The number of nitrogens with one attached hydrogen (secondary N) is 2. The number of hydrogen-bond donors (Lipinski definition) is 2. The third kappa shape index (κ3) is 3.46. The third-order valence-corrected chi connectivity index (χ3v) is 4.63. The number of anilines is 2. The van der Waals surface area contributed by atoms with Crippen molar-refractivity contribution in [1.29, 1.82) is 0 Å². The van der Waals surface area contributed by atoms with Gasteiger partial charge in [0, 0.05) is 12.6 Å². The van der Waals surface area contributed by atoms with Crippen molar-refractivity contribution in [2.75, 3.05) is 10.6 Å². The first-order chi connectivity index (χ1) is 14.5. The first kappa shape index (κ1) is 19.1. The molecule has 2 amide bonds. The van der Waals surface area contributed by atoms with Gasteiger partial charge in [-0.05, 0) is 31.2 Å². The Bertz CT molecular complexity index is 1320. The van der Waals surface area contributed by atoms with Crippen molar-refractivity contribution >= 4 is 34.3 Å². The van der Waals surface area contributed by atoms with Gasteiger partial charge in [-0.25, -0.2) is 4.98 Å². The molecule has 30 heavy (non-hydrogen) atoms. The monoisotopic (exact) mass is 402 g/mol. The summed E-state index contributed by atoms with van der Waals surface area (Å²) in [7, 11) is 1.55. The minimum atomic E-state index is -0.530. The first-order valence-corrected chi connectivity index (χ1v) is 9.17. The van der Waals surface area contributed by atoms with E-state index in [2.05, 4.69) is 15.6 Å². The van der Waals surface area contributed by atoms with Gasteiger partial charge in [-0.2, -0.15) is 0 Å². The van der Waals surface area contributed by atoms with Crippen LogP contribution in [0.25, 0.3) is 11.1 Å². The predicted molar refractivity (Wildman–Crippen MR) is 113 cm³/mol. The van der Waals surface area contributed by atoms with Gasteiger partial charge in [-0.1, -0.05) is 30.3 Å². The van der Waals surface area contributed by atoms with E-state index in [1.807, 2.05) is 6.07 Å². The fourth-order valence-corrected chi connectivity index (χ4v) is 3.13. The summed E-state index contributed by atoms with van der Waals surface area (Å²) in [6.45, 7) is 1.60. The molecule has 0 fully saturated rings. The highest BCUT2D eigenvalue weighted by atomic mass is 16.3. The lowest BCUT2D eigenvalue weighted by Crippen LogP contribution is -2.21. The molecular formula is C22H18N4O4. The Labute approximate surface area is 171 Å². The number of amides is 2. The van der Waals surface area contributed by atoms with E-state index in [0.717, 1.165) is 0 Å². The summed E-state index contributed by atoms with van der Waals surface area (Å²) in [5.41, 5.74) is 1.14. The van der Waals surface area contributed by atoms with Gasteiger partial charge < -0.3 is 19.6 Å². The van der Waals surface area contributed by atoms with E-state index >= 15 is 0 Å². The summed E-state index contributed by atoms with van der Waals surface area (Å²) >= 11 is 0. The number of hydrogen-bond acceptors (Lipinski definition) is 5. The molecule has 0 spiro atoms. The molecule has 2 N–H and O–H groups in total. The van der Waals surface area contributed by atoms with Gasteiger partial charge in [0.1, 0.15) is 17.5 Å². The topological polar surface area (TPSA) is 106 Å². The number of furan rings is 1. The molecule has 0 aliphatic carbocycles. The number of carbonyl (C=O) groups excluding carboxylic acids is 2. The number of aromatic nitrogens is 2. The van der Waals surface area contributed by atoms with Gasteiger partial charge in [-0.3, -0.25) is 14.4 Å². The van der Waals surface area contributed by atoms with E-state index in [9.17, 15) is 14.4 Å². The minimum Gasteiger partial charge on any atom is -0.442 e. The smallest absolute Gasteiger partial charge is 0.265 e. The van der Waals surface area contributed by atoms with Crippen molar-refractivity contribution in [3.63, 3.8) is 0 Å². The van der Waals surface area contributed by atoms with Crippen molar-refractivity contribution in [3.8, 4) is 0 Å². The van der Waals surface area contributed by atoms with E-state index in [4.69, 9.17) is 4.42 Å². The maximum Gasteiger partial charge on any atom is 0.265 e. The van der Waals surface area contributed by atoms with Crippen molar-refractivity contribution in [1.82, 2.24) is 9.55 Å². The van der Waals surface area contributed by atoms with Crippen molar-refractivity contribution in [3.05, 3.63) is 88.2 Å². The summed E-state index contributed by atoms with van der Waals surface area (Å²) < 4.78 is 6.77. The summed E-state index contributed by atoms with van der Waals surface area (Å²) in [6.07, 6.45) is 1.34. The molecule has 0 aliphatic heterocycles. The van der Waals surface area contributed by atoms with Crippen LogP contribution in [-0.2, 0) is 7.05 Å². The summed E-state index contributed by atoms with van der Waals surface area (Å²) in [4.78, 5) is 42.1. The largest absolute Gasteiger partial charge is 0.442 e. The molecule has 0 unspecified atom stereocenters. The quantitative estimate of drug-likeness (QED) is 0.545. The molecule has 0 saturated heterocycles. The van der Waals surface area contributed by atoms with Gasteiger partial charge in [0.05, 0.1) is 16.9 Å². The lowest BCUT2D eigenvalue weighted by Gasteiger charge is -2.12. The van der Waals surface area contributed by atoms with Crippen LogP contribution in [0.3, 0.4) is 0 Å². The Hall–Kier alpha value is -4.20. The van der Waals surface area contributed by atoms with Gasteiger partial charge in [0.25, 0.3) is 17.4 Å². The third-order valence-electron chi connectivity index (χ3n) is 4.63. The predicted octanol–water partition coefficient (Wildman–Crippen LogP) is 3.34. The highest BCUT2D eigenvalue weighted by Crippen LogP contribution is 2.26. The van der Waals surface area contributed by atoms with Crippen LogP contribution in [0.1, 0.15) is 26.5 Å². The number of benzene rings is 2. The Morgan fingerprint density at radius 1 is 0.933 bits per heavy atom. The zero-order chi connectivity index (χ0) is 21.3.